The zero-order valence-corrected chi connectivity index (χ0v) is 20.7. The van der Waals surface area contributed by atoms with Gasteiger partial charge in [0.2, 0.25) is 10.0 Å². The average molecular weight is 491 g/mol. The van der Waals surface area contributed by atoms with Crippen LogP contribution in [-0.4, -0.2) is 41.0 Å². The van der Waals surface area contributed by atoms with Gasteiger partial charge in [-0.2, -0.15) is 0 Å². The zero-order chi connectivity index (χ0) is 22.9. The van der Waals surface area contributed by atoms with E-state index in [1.165, 1.54) is 35.0 Å². The highest BCUT2D eigenvalue weighted by Gasteiger charge is 2.22. The predicted molar refractivity (Wildman–Crippen MR) is 130 cm³/mol. The fourth-order valence-corrected chi connectivity index (χ4v) is 6.46. The van der Waals surface area contributed by atoms with Crippen LogP contribution in [0, 0.1) is 5.92 Å². The standard InChI is InChI=1S/C22H26N4O3S3/c1-4-14-5-10-19-16(11-14)12-20(31-19)21-23-24-22(26(21)2)30-13-18(27)15-6-8-17(9-7-15)25-32(3,28)29/h6-9,12,14,25H,4-5,10-11,13H2,1-3H3. The summed E-state index contributed by atoms with van der Waals surface area (Å²) in [7, 11) is -1.41. The highest BCUT2D eigenvalue weighted by atomic mass is 32.2. The van der Waals surface area contributed by atoms with E-state index in [0.29, 0.717) is 16.4 Å². The van der Waals surface area contributed by atoms with Gasteiger partial charge in [-0.05, 0) is 61.1 Å². The van der Waals surface area contributed by atoms with Crippen LogP contribution < -0.4 is 4.72 Å². The van der Waals surface area contributed by atoms with Gasteiger partial charge >= 0.3 is 0 Å². The van der Waals surface area contributed by atoms with E-state index in [-0.39, 0.29) is 11.5 Å². The van der Waals surface area contributed by atoms with Crippen molar-refractivity contribution < 1.29 is 13.2 Å². The van der Waals surface area contributed by atoms with Crippen LogP contribution in [0.2, 0.25) is 0 Å². The van der Waals surface area contributed by atoms with Crippen LogP contribution in [0.5, 0.6) is 0 Å². The largest absolute Gasteiger partial charge is 0.304 e. The Morgan fingerprint density at radius 3 is 2.72 bits per heavy atom. The van der Waals surface area contributed by atoms with Crippen molar-refractivity contribution in [3.8, 4) is 10.7 Å². The molecule has 0 radical (unpaired) electrons. The molecule has 4 rings (SSSR count). The number of sulfonamides is 1. The van der Waals surface area contributed by atoms with E-state index < -0.39 is 10.0 Å². The summed E-state index contributed by atoms with van der Waals surface area (Å²) in [6, 6.07) is 8.68. The molecule has 1 N–H and O–H groups in total. The van der Waals surface area contributed by atoms with Gasteiger partial charge in [0.1, 0.15) is 0 Å². The fourth-order valence-electron chi connectivity index (χ4n) is 3.86. The van der Waals surface area contributed by atoms with E-state index in [4.69, 9.17) is 0 Å². The van der Waals surface area contributed by atoms with E-state index in [9.17, 15) is 13.2 Å². The molecule has 2 aromatic heterocycles. The van der Waals surface area contributed by atoms with Crippen LogP contribution in [-0.2, 0) is 29.9 Å². The molecule has 1 aromatic carbocycles. The van der Waals surface area contributed by atoms with Crippen LogP contribution in [0.15, 0.2) is 35.5 Å². The van der Waals surface area contributed by atoms with E-state index in [1.54, 1.807) is 35.6 Å². The van der Waals surface area contributed by atoms with Gasteiger partial charge in [0.05, 0.1) is 16.9 Å². The van der Waals surface area contributed by atoms with Crippen LogP contribution in [0.3, 0.4) is 0 Å². The highest BCUT2D eigenvalue weighted by molar-refractivity contribution is 7.99. The Labute approximate surface area is 196 Å². The van der Waals surface area contributed by atoms with Crippen molar-refractivity contribution in [2.75, 3.05) is 16.7 Å². The molecule has 0 saturated heterocycles. The molecule has 170 valence electrons. The van der Waals surface area contributed by atoms with Crippen molar-refractivity contribution in [2.24, 2.45) is 13.0 Å². The quantitative estimate of drug-likeness (QED) is 0.371. The lowest BCUT2D eigenvalue weighted by atomic mass is 9.87. The summed E-state index contributed by atoms with van der Waals surface area (Å²) in [5.41, 5.74) is 2.40. The highest BCUT2D eigenvalue weighted by Crippen LogP contribution is 2.38. The molecule has 2 heterocycles. The Morgan fingerprint density at radius 2 is 2.03 bits per heavy atom. The van der Waals surface area contributed by atoms with Gasteiger partial charge < -0.3 is 4.57 Å². The van der Waals surface area contributed by atoms with Crippen molar-refractivity contribution in [1.82, 2.24) is 14.8 Å². The van der Waals surface area contributed by atoms with Crippen molar-refractivity contribution in [1.29, 1.82) is 0 Å². The minimum Gasteiger partial charge on any atom is -0.304 e. The molecule has 0 fully saturated rings. The van der Waals surface area contributed by atoms with Gasteiger partial charge in [-0.15, -0.1) is 21.5 Å². The number of carbonyl (C=O) groups is 1. The Morgan fingerprint density at radius 1 is 1.28 bits per heavy atom. The fraction of sp³-hybridized carbons (Fsp3) is 0.409. The molecular formula is C22H26N4O3S3. The molecule has 1 unspecified atom stereocenters. The van der Waals surface area contributed by atoms with Crippen LogP contribution in [0.25, 0.3) is 10.7 Å². The van der Waals surface area contributed by atoms with Crippen molar-refractivity contribution in [2.45, 2.75) is 37.8 Å². The van der Waals surface area contributed by atoms with Crippen molar-refractivity contribution >= 4 is 44.6 Å². The first kappa shape index (κ1) is 23.0. The number of aryl methyl sites for hydroxylation is 1. The molecule has 0 aliphatic heterocycles. The molecule has 0 amide bonds. The number of fused-ring (bicyclic) bond motifs is 1. The summed E-state index contributed by atoms with van der Waals surface area (Å²) in [4.78, 5) is 15.2. The molecule has 3 aromatic rings. The summed E-state index contributed by atoms with van der Waals surface area (Å²) in [6.45, 7) is 2.26. The number of carbonyl (C=O) groups excluding carboxylic acids is 1. The Balaban J connectivity index is 1.41. The lowest BCUT2D eigenvalue weighted by molar-refractivity contribution is 0.102. The second-order valence-electron chi connectivity index (χ2n) is 8.10. The SMILES string of the molecule is CCC1CCc2sc(-c3nnc(SCC(=O)c4ccc(NS(C)(=O)=O)cc4)n3C)cc2C1. The first-order chi connectivity index (χ1) is 15.2. The van der Waals surface area contributed by atoms with E-state index in [0.717, 1.165) is 35.7 Å². The molecule has 1 aliphatic rings. The summed E-state index contributed by atoms with van der Waals surface area (Å²) < 4.78 is 26.9. The second kappa shape index (κ2) is 9.36. The van der Waals surface area contributed by atoms with E-state index in [1.807, 2.05) is 11.6 Å². The van der Waals surface area contributed by atoms with E-state index in [2.05, 4.69) is 27.9 Å². The topological polar surface area (TPSA) is 94.0 Å². The number of thiophene rings is 1. The van der Waals surface area contributed by atoms with E-state index >= 15 is 0 Å². The third-order valence-electron chi connectivity index (χ3n) is 5.66. The van der Waals surface area contributed by atoms with Gasteiger partial charge in [0.25, 0.3) is 0 Å². The molecule has 1 atom stereocenters. The molecule has 0 bridgehead atoms. The summed E-state index contributed by atoms with van der Waals surface area (Å²) in [5, 5.41) is 9.39. The summed E-state index contributed by atoms with van der Waals surface area (Å²) in [6.07, 6.45) is 5.86. The van der Waals surface area contributed by atoms with Crippen molar-refractivity contribution in [3.05, 3.63) is 46.3 Å². The second-order valence-corrected chi connectivity index (χ2v) is 11.9. The lowest BCUT2D eigenvalue weighted by Gasteiger charge is -2.19. The summed E-state index contributed by atoms with van der Waals surface area (Å²) >= 11 is 3.16. The molecule has 0 saturated carbocycles. The molecule has 0 spiro atoms. The number of hydrogen-bond donors (Lipinski definition) is 1. The number of hydrogen-bond acceptors (Lipinski definition) is 7. The van der Waals surface area contributed by atoms with Crippen LogP contribution >= 0.6 is 23.1 Å². The maximum absolute atomic E-state index is 12.6. The third-order valence-corrected chi connectivity index (χ3v) is 8.52. The Bertz CT molecular complexity index is 1230. The number of ketones is 1. The minimum atomic E-state index is -3.34. The number of Topliss-reactive ketones (excluding diaryl/α,β-unsaturated/α-hetero) is 1. The number of nitrogens with zero attached hydrogens (tertiary/aromatic N) is 3. The van der Waals surface area contributed by atoms with Gasteiger partial charge in [-0.3, -0.25) is 9.52 Å². The minimum absolute atomic E-state index is 0.0531. The number of nitrogens with one attached hydrogen (secondary N) is 1. The van der Waals surface area contributed by atoms with Crippen LogP contribution in [0.4, 0.5) is 5.69 Å². The smallest absolute Gasteiger partial charge is 0.229 e. The first-order valence-electron chi connectivity index (χ1n) is 10.5. The zero-order valence-electron chi connectivity index (χ0n) is 18.3. The van der Waals surface area contributed by atoms with Crippen LogP contribution in [0.1, 0.15) is 40.6 Å². The number of thioether (sulfide) groups is 1. The molecular weight excluding hydrogens is 464 g/mol. The maximum atomic E-state index is 12.6. The predicted octanol–water partition coefficient (Wildman–Crippen LogP) is 4.41. The maximum Gasteiger partial charge on any atom is 0.229 e. The average Bonchev–Trinajstić information content (AvgIpc) is 3.33. The first-order valence-corrected chi connectivity index (χ1v) is 14.2. The number of rotatable bonds is 8. The number of anilines is 1. The number of benzene rings is 1. The monoisotopic (exact) mass is 490 g/mol. The molecule has 7 nitrogen and oxygen atoms in total. The van der Waals surface area contributed by atoms with Gasteiger partial charge in [0.15, 0.2) is 16.8 Å². The number of aromatic nitrogens is 3. The van der Waals surface area contributed by atoms with Gasteiger partial charge in [-0.1, -0.05) is 25.1 Å². The molecule has 10 heteroatoms. The van der Waals surface area contributed by atoms with Gasteiger partial charge in [0, 0.05) is 23.2 Å². The molecule has 1 aliphatic carbocycles. The third kappa shape index (κ3) is 5.24. The van der Waals surface area contributed by atoms with Gasteiger partial charge in [-0.25, -0.2) is 8.42 Å². The Hall–Kier alpha value is -2.17. The normalized spacial score (nSPS) is 16.0. The lowest BCUT2D eigenvalue weighted by Crippen LogP contribution is -2.10. The Kier molecular flexibility index (Phi) is 6.73. The molecule has 32 heavy (non-hydrogen) atoms. The summed E-state index contributed by atoms with van der Waals surface area (Å²) in [5.74, 6) is 1.79. The van der Waals surface area contributed by atoms with Crippen molar-refractivity contribution in [3.63, 3.8) is 0 Å².